The van der Waals surface area contributed by atoms with Crippen LogP contribution in [0.5, 0.6) is 0 Å². The molecule has 15 heteroatoms. The van der Waals surface area contributed by atoms with Gasteiger partial charge in [-0.3, -0.25) is 5.41 Å². The molecule has 210 valence electrons. The number of aryl methyl sites for hydroxylation is 1. The Labute approximate surface area is 229 Å². The highest BCUT2D eigenvalue weighted by Crippen LogP contribution is 2.38. The van der Waals surface area contributed by atoms with Crippen molar-refractivity contribution in [3.05, 3.63) is 64.5 Å². The molecule has 0 unspecified atom stereocenters. The fraction of sp³-hybridized carbons (Fsp3) is 0.208. The zero-order valence-electron chi connectivity index (χ0n) is 20.4. The molecule has 0 radical (unpaired) electrons. The van der Waals surface area contributed by atoms with Crippen molar-refractivity contribution in [2.24, 2.45) is 5.73 Å². The van der Waals surface area contributed by atoms with E-state index in [4.69, 9.17) is 30.9 Å². The van der Waals surface area contributed by atoms with Crippen molar-refractivity contribution in [2.75, 3.05) is 12.9 Å². The largest absolute Gasteiger partial charge is 0.490 e. The number of carbonyl (C=O) groups is 2. The van der Waals surface area contributed by atoms with Crippen LogP contribution in [0.4, 0.5) is 13.2 Å². The van der Waals surface area contributed by atoms with Crippen LogP contribution in [0.25, 0.3) is 11.1 Å². The minimum absolute atomic E-state index is 0.0867. The Morgan fingerprint density at radius 1 is 1.13 bits per heavy atom. The molecule has 0 saturated heterocycles. The van der Waals surface area contributed by atoms with E-state index in [1.54, 1.807) is 18.4 Å². The summed E-state index contributed by atoms with van der Waals surface area (Å²) in [6.45, 7) is 1.57. The van der Waals surface area contributed by atoms with Crippen molar-refractivity contribution in [1.82, 2.24) is 0 Å². The third kappa shape index (κ3) is 8.29. The van der Waals surface area contributed by atoms with Crippen LogP contribution >= 0.6 is 23.1 Å². The Bertz CT molecular complexity index is 1490. The van der Waals surface area contributed by atoms with E-state index in [-0.39, 0.29) is 22.2 Å². The van der Waals surface area contributed by atoms with Gasteiger partial charge in [-0.05, 0) is 53.6 Å². The molecule has 0 fully saturated rings. The first kappa shape index (κ1) is 31.8. The van der Waals surface area contributed by atoms with E-state index in [0.29, 0.717) is 14.6 Å². The van der Waals surface area contributed by atoms with Gasteiger partial charge in [0.1, 0.15) is 12.4 Å². The number of nitrogen functional groups attached to an aromatic ring is 1. The van der Waals surface area contributed by atoms with E-state index in [1.165, 1.54) is 35.2 Å². The topological polar surface area (TPSA) is 168 Å². The predicted molar refractivity (Wildman–Crippen MR) is 140 cm³/mol. The third-order valence-corrected chi connectivity index (χ3v) is 9.26. The number of halogens is 3. The third-order valence-electron chi connectivity index (χ3n) is 4.92. The zero-order valence-corrected chi connectivity index (χ0v) is 22.9. The number of benzene rings is 2. The number of aliphatic carboxylic acids is 2. The first-order valence-corrected chi connectivity index (χ1v) is 14.2. The molecule has 3 aromatic rings. The Balaban J connectivity index is 0.000000673. The van der Waals surface area contributed by atoms with E-state index >= 15 is 0 Å². The number of carboxylic acids is 2. The summed E-state index contributed by atoms with van der Waals surface area (Å²) in [4.78, 5) is 20.3. The summed E-state index contributed by atoms with van der Waals surface area (Å²) in [7, 11) is -3.85. The van der Waals surface area contributed by atoms with Gasteiger partial charge >= 0.3 is 18.1 Å². The number of rotatable bonds is 9. The molecule has 5 N–H and O–H groups in total. The predicted octanol–water partition coefficient (Wildman–Crippen LogP) is 4.80. The van der Waals surface area contributed by atoms with Crippen LogP contribution in [-0.4, -0.2) is 55.4 Å². The summed E-state index contributed by atoms with van der Waals surface area (Å²) in [5, 5.41) is 23.6. The number of amidine groups is 1. The highest BCUT2D eigenvalue weighted by atomic mass is 32.2. The van der Waals surface area contributed by atoms with Gasteiger partial charge in [0.05, 0.1) is 25.5 Å². The van der Waals surface area contributed by atoms with Gasteiger partial charge in [-0.15, -0.1) is 23.1 Å². The van der Waals surface area contributed by atoms with Crippen molar-refractivity contribution in [3.63, 3.8) is 0 Å². The molecule has 0 aliphatic rings. The minimum atomic E-state index is -5.08. The summed E-state index contributed by atoms with van der Waals surface area (Å²) >= 11 is 2.47. The van der Waals surface area contributed by atoms with Crippen LogP contribution in [0, 0.1) is 12.3 Å². The van der Waals surface area contributed by atoms with Crippen molar-refractivity contribution in [3.8, 4) is 11.1 Å². The minimum Gasteiger partial charge on any atom is -0.480 e. The standard InChI is InChI=1S/C22H22N2O5S3.C2HF3O2/c1-13-5-3-7-15(11-29-12-19(25)26)20(13)14-6-4-8-16(9-14)32(27,28)18-10-17(21(23)24)31-22(18)30-2;3-2(4,5)1(6)7/h3-10H,11-12H2,1-2H3,(H3,23,24)(H,25,26);(H,6,7). The second-order valence-corrected chi connectivity index (χ2v) is 11.8. The van der Waals surface area contributed by atoms with Gasteiger partial charge in [0.2, 0.25) is 9.84 Å². The van der Waals surface area contributed by atoms with Gasteiger partial charge < -0.3 is 20.7 Å². The SMILES string of the molecule is CSc1sc(C(=N)N)cc1S(=O)(=O)c1cccc(-c2c(C)cccc2COCC(=O)O)c1.O=C(O)C(F)(F)F. The van der Waals surface area contributed by atoms with Crippen molar-refractivity contribution >= 4 is 50.7 Å². The second-order valence-electron chi connectivity index (χ2n) is 7.71. The first-order valence-electron chi connectivity index (χ1n) is 10.7. The lowest BCUT2D eigenvalue weighted by atomic mass is 9.95. The van der Waals surface area contributed by atoms with E-state index in [9.17, 15) is 26.4 Å². The normalized spacial score (nSPS) is 11.4. The molecule has 0 aliphatic carbocycles. The van der Waals surface area contributed by atoms with E-state index < -0.39 is 34.6 Å². The number of hydrogen-bond donors (Lipinski definition) is 4. The number of thioether (sulfide) groups is 1. The Kier molecular flexibility index (Phi) is 10.7. The fourth-order valence-corrected chi connectivity index (χ4v) is 7.18. The maximum atomic E-state index is 13.4. The molecule has 3 rings (SSSR count). The summed E-state index contributed by atoms with van der Waals surface area (Å²) < 4.78 is 64.5. The molecule has 0 spiro atoms. The smallest absolute Gasteiger partial charge is 0.480 e. The monoisotopic (exact) mass is 604 g/mol. The fourth-order valence-electron chi connectivity index (χ4n) is 3.28. The number of sulfone groups is 1. The average Bonchev–Trinajstić information content (AvgIpc) is 3.30. The number of alkyl halides is 3. The Hall–Kier alpha value is -3.40. The molecule has 0 saturated carbocycles. The number of nitrogens with one attached hydrogen (secondary N) is 1. The number of carboxylic acid groups (broad SMARTS) is 2. The lowest BCUT2D eigenvalue weighted by molar-refractivity contribution is -0.192. The summed E-state index contributed by atoms with van der Waals surface area (Å²) in [5.74, 6) is -3.99. The van der Waals surface area contributed by atoms with Crippen LogP contribution < -0.4 is 5.73 Å². The Morgan fingerprint density at radius 3 is 2.28 bits per heavy atom. The molecular weight excluding hydrogens is 581 g/mol. The van der Waals surface area contributed by atoms with Crippen LogP contribution in [0.1, 0.15) is 16.0 Å². The average molecular weight is 605 g/mol. The highest BCUT2D eigenvalue weighted by Gasteiger charge is 2.38. The number of hydrogen-bond acceptors (Lipinski definition) is 8. The van der Waals surface area contributed by atoms with Crippen molar-refractivity contribution in [2.45, 2.75) is 33.7 Å². The maximum absolute atomic E-state index is 13.4. The molecule has 0 amide bonds. The zero-order chi connectivity index (χ0) is 29.5. The molecule has 0 atom stereocenters. The maximum Gasteiger partial charge on any atom is 0.490 e. The lowest BCUT2D eigenvalue weighted by Gasteiger charge is -2.14. The quantitative estimate of drug-likeness (QED) is 0.152. The molecule has 2 aromatic carbocycles. The number of nitrogens with two attached hydrogens (primary N) is 1. The van der Waals surface area contributed by atoms with E-state index in [0.717, 1.165) is 16.7 Å². The molecule has 1 aromatic heterocycles. The van der Waals surface area contributed by atoms with E-state index in [1.807, 2.05) is 31.2 Å². The molecular formula is C24H23F3N2O7S3. The van der Waals surface area contributed by atoms with E-state index in [2.05, 4.69) is 0 Å². The molecule has 0 aliphatic heterocycles. The van der Waals surface area contributed by atoms with Crippen LogP contribution in [-0.2, 0) is 30.8 Å². The summed E-state index contributed by atoms with van der Waals surface area (Å²) in [6.07, 6.45) is -3.30. The Morgan fingerprint density at radius 2 is 1.74 bits per heavy atom. The van der Waals surface area contributed by atoms with Gasteiger partial charge in [-0.2, -0.15) is 13.2 Å². The molecule has 0 bridgehead atoms. The summed E-state index contributed by atoms with van der Waals surface area (Å²) in [6, 6.07) is 13.6. The lowest BCUT2D eigenvalue weighted by Crippen LogP contribution is -2.21. The van der Waals surface area contributed by atoms with Crippen molar-refractivity contribution < 1.29 is 46.1 Å². The molecule has 9 nitrogen and oxygen atoms in total. The molecule has 1 heterocycles. The van der Waals surface area contributed by atoms with Crippen LogP contribution in [0.2, 0.25) is 0 Å². The number of ether oxygens (including phenoxy) is 1. The highest BCUT2D eigenvalue weighted by molar-refractivity contribution is 8.01. The van der Waals surface area contributed by atoms with Gasteiger partial charge in [-0.1, -0.05) is 30.3 Å². The second kappa shape index (κ2) is 13.1. The van der Waals surface area contributed by atoms with Gasteiger partial charge in [-0.25, -0.2) is 18.0 Å². The molecule has 39 heavy (non-hydrogen) atoms. The summed E-state index contributed by atoms with van der Waals surface area (Å²) in [5.41, 5.74) is 8.73. The van der Waals surface area contributed by atoms with Gasteiger partial charge in [0.25, 0.3) is 0 Å². The van der Waals surface area contributed by atoms with Gasteiger partial charge in [0.15, 0.2) is 0 Å². The number of thiophene rings is 1. The van der Waals surface area contributed by atoms with Gasteiger partial charge in [0, 0.05) is 0 Å². The van der Waals surface area contributed by atoms with Crippen LogP contribution in [0.3, 0.4) is 0 Å². The first-order chi connectivity index (χ1) is 18.1. The van der Waals surface area contributed by atoms with Crippen molar-refractivity contribution in [1.29, 1.82) is 5.41 Å². The van der Waals surface area contributed by atoms with Crippen LogP contribution in [0.15, 0.2) is 62.5 Å².